The fourth-order valence-corrected chi connectivity index (χ4v) is 3.30. The van der Waals surface area contributed by atoms with E-state index >= 15 is 0 Å². The normalized spacial score (nSPS) is 28.1. The summed E-state index contributed by atoms with van der Waals surface area (Å²) < 4.78 is 9.45. The third kappa shape index (κ3) is 1.66. The molecule has 1 saturated heterocycles. The van der Waals surface area contributed by atoms with E-state index in [1.807, 2.05) is 6.07 Å². The van der Waals surface area contributed by atoms with Gasteiger partial charge in [-0.2, -0.15) is 0 Å². The maximum absolute atomic E-state index is 5.70. The molecule has 3 rings (SSSR count). The molecular weight excluding hydrogens is 314 g/mol. The minimum absolute atomic E-state index is 0.129. The van der Waals surface area contributed by atoms with Gasteiger partial charge in [0.15, 0.2) is 10.4 Å². The summed E-state index contributed by atoms with van der Waals surface area (Å²) in [5.74, 6) is 0. The summed E-state index contributed by atoms with van der Waals surface area (Å²) in [7, 11) is 0. The molecule has 18 heavy (non-hydrogen) atoms. The van der Waals surface area contributed by atoms with Crippen LogP contribution in [0, 0.1) is 4.77 Å². The molecule has 2 aromatic heterocycles. The number of rotatable bonds is 1. The second-order valence-electron chi connectivity index (χ2n) is 4.91. The van der Waals surface area contributed by atoms with Crippen LogP contribution in [-0.4, -0.2) is 27.2 Å². The van der Waals surface area contributed by atoms with E-state index in [0.717, 1.165) is 28.7 Å². The Labute approximate surface area is 118 Å². The highest BCUT2D eigenvalue weighted by atomic mass is 79.9. The van der Waals surface area contributed by atoms with Crippen molar-refractivity contribution in [1.82, 2.24) is 14.5 Å². The minimum atomic E-state index is -0.129. The molecule has 2 atom stereocenters. The molecule has 0 radical (unpaired) electrons. The van der Waals surface area contributed by atoms with Crippen LogP contribution in [0.25, 0.3) is 11.2 Å². The fraction of sp³-hybridized carbons (Fsp3) is 0.500. The second-order valence-corrected chi connectivity index (χ2v) is 6.21. The molecule has 0 aliphatic carbocycles. The van der Waals surface area contributed by atoms with Crippen LogP contribution in [0.4, 0.5) is 0 Å². The van der Waals surface area contributed by atoms with Gasteiger partial charge < -0.3 is 9.72 Å². The van der Waals surface area contributed by atoms with E-state index in [0.29, 0.717) is 4.77 Å². The Balaban J connectivity index is 2.29. The number of H-pyrrole nitrogens is 1. The lowest BCUT2D eigenvalue weighted by Crippen LogP contribution is -2.37. The zero-order valence-electron chi connectivity index (χ0n) is 10.2. The van der Waals surface area contributed by atoms with Crippen molar-refractivity contribution in [2.75, 3.05) is 6.61 Å². The summed E-state index contributed by atoms with van der Waals surface area (Å²) in [6, 6.07) is 2.00. The van der Waals surface area contributed by atoms with Crippen molar-refractivity contribution in [1.29, 1.82) is 0 Å². The molecule has 4 nitrogen and oxygen atoms in total. The standard InChI is InChI=1S/C12H14BrN3OS/c1-7-12(2,3-4-17-7)16-10-9(15-11(16)18)5-8(13)6-14-10/h5-7H,3-4H2,1-2H3,(H,15,18). The Morgan fingerprint density at radius 2 is 2.44 bits per heavy atom. The number of nitrogens with one attached hydrogen (secondary N) is 1. The Bertz CT molecular complexity index is 665. The molecule has 1 fully saturated rings. The van der Waals surface area contributed by atoms with E-state index in [1.165, 1.54) is 0 Å². The van der Waals surface area contributed by atoms with Gasteiger partial charge in [-0.25, -0.2) is 4.98 Å². The molecule has 3 heterocycles. The Morgan fingerprint density at radius 3 is 3.11 bits per heavy atom. The molecular formula is C12H14BrN3OS. The Kier molecular flexibility index (Phi) is 2.84. The number of imidazole rings is 1. The number of aromatic amines is 1. The van der Waals surface area contributed by atoms with Crippen LogP contribution in [0.1, 0.15) is 20.3 Å². The van der Waals surface area contributed by atoms with Gasteiger partial charge in [-0.3, -0.25) is 4.57 Å². The van der Waals surface area contributed by atoms with Gasteiger partial charge in [0.25, 0.3) is 0 Å². The number of fused-ring (bicyclic) bond motifs is 1. The topological polar surface area (TPSA) is 42.8 Å². The highest BCUT2D eigenvalue weighted by molar-refractivity contribution is 9.10. The molecule has 0 aromatic carbocycles. The van der Waals surface area contributed by atoms with Gasteiger partial charge in [0.2, 0.25) is 0 Å². The maximum Gasteiger partial charge on any atom is 0.179 e. The van der Waals surface area contributed by atoms with E-state index < -0.39 is 0 Å². The van der Waals surface area contributed by atoms with Crippen molar-refractivity contribution in [3.8, 4) is 0 Å². The van der Waals surface area contributed by atoms with Crippen LogP contribution in [0.2, 0.25) is 0 Å². The zero-order valence-corrected chi connectivity index (χ0v) is 12.6. The summed E-state index contributed by atoms with van der Waals surface area (Å²) in [6.45, 7) is 5.03. The molecule has 1 N–H and O–H groups in total. The molecule has 0 bridgehead atoms. The summed E-state index contributed by atoms with van der Waals surface area (Å²) >= 11 is 8.88. The Morgan fingerprint density at radius 1 is 1.67 bits per heavy atom. The third-order valence-corrected chi connectivity index (χ3v) is 4.57. The lowest BCUT2D eigenvalue weighted by molar-refractivity contribution is 0.0768. The zero-order chi connectivity index (χ0) is 12.9. The number of hydrogen-bond acceptors (Lipinski definition) is 3. The lowest BCUT2D eigenvalue weighted by atomic mass is 9.94. The van der Waals surface area contributed by atoms with Crippen LogP contribution < -0.4 is 0 Å². The van der Waals surface area contributed by atoms with Crippen LogP contribution >= 0.6 is 28.1 Å². The van der Waals surface area contributed by atoms with Crippen LogP contribution in [0.3, 0.4) is 0 Å². The first kappa shape index (κ1) is 12.3. The average molecular weight is 328 g/mol. The predicted octanol–water partition coefficient (Wildman–Crippen LogP) is 3.38. The highest BCUT2D eigenvalue weighted by Crippen LogP contribution is 2.35. The van der Waals surface area contributed by atoms with Gasteiger partial charge >= 0.3 is 0 Å². The van der Waals surface area contributed by atoms with Gasteiger partial charge in [0.05, 0.1) is 17.2 Å². The highest BCUT2D eigenvalue weighted by Gasteiger charge is 2.40. The van der Waals surface area contributed by atoms with Crippen molar-refractivity contribution in [3.05, 3.63) is 21.5 Å². The molecule has 0 saturated carbocycles. The molecule has 1 aliphatic rings. The first-order valence-corrected chi connectivity index (χ1v) is 7.11. The van der Waals surface area contributed by atoms with Crippen LogP contribution in [-0.2, 0) is 10.3 Å². The van der Waals surface area contributed by atoms with Gasteiger partial charge in [0, 0.05) is 17.3 Å². The quantitative estimate of drug-likeness (QED) is 0.816. The predicted molar refractivity (Wildman–Crippen MR) is 76.3 cm³/mol. The van der Waals surface area contributed by atoms with Gasteiger partial charge in [-0.15, -0.1) is 0 Å². The van der Waals surface area contributed by atoms with Crippen LogP contribution in [0.15, 0.2) is 16.7 Å². The first-order chi connectivity index (χ1) is 8.52. The number of ether oxygens (including phenoxy) is 1. The van der Waals surface area contributed by atoms with Gasteiger partial charge in [-0.1, -0.05) is 0 Å². The van der Waals surface area contributed by atoms with E-state index in [2.05, 4.69) is 44.3 Å². The number of hydrogen-bond donors (Lipinski definition) is 1. The molecule has 96 valence electrons. The summed E-state index contributed by atoms with van der Waals surface area (Å²) in [5.41, 5.74) is 1.72. The van der Waals surface area contributed by atoms with Crippen LogP contribution in [0.5, 0.6) is 0 Å². The number of nitrogens with zero attached hydrogens (tertiary/aromatic N) is 2. The summed E-state index contributed by atoms with van der Waals surface area (Å²) in [5, 5.41) is 0. The van der Waals surface area contributed by atoms with E-state index in [1.54, 1.807) is 6.20 Å². The molecule has 2 unspecified atom stereocenters. The van der Waals surface area contributed by atoms with E-state index in [-0.39, 0.29) is 11.6 Å². The number of halogens is 1. The molecule has 6 heteroatoms. The van der Waals surface area contributed by atoms with Gasteiger partial charge in [0.1, 0.15) is 0 Å². The Hall–Kier alpha value is -0.720. The third-order valence-electron chi connectivity index (χ3n) is 3.85. The van der Waals surface area contributed by atoms with Crippen molar-refractivity contribution in [2.24, 2.45) is 0 Å². The SMILES string of the molecule is CC1OCCC1(C)n1c(=S)[nH]c2cc(Br)cnc21. The maximum atomic E-state index is 5.70. The first-order valence-electron chi connectivity index (χ1n) is 5.91. The number of aromatic nitrogens is 3. The summed E-state index contributed by atoms with van der Waals surface area (Å²) in [6.07, 6.45) is 2.88. The summed E-state index contributed by atoms with van der Waals surface area (Å²) in [4.78, 5) is 7.71. The van der Waals surface area contributed by atoms with Crippen molar-refractivity contribution >= 4 is 39.3 Å². The van der Waals surface area contributed by atoms with E-state index in [4.69, 9.17) is 17.0 Å². The fourth-order valence-electron chi connectivity index (χ4n) is 2.56. The monoisotopic (exact) mass is 327 g/mol. The number of pyridine rings is 1. The average Bonchev–Trinajstić information content (AvgIpc) is 2.79. The molecule has 1 aliphatic heterocycles. The molecule has 2 aromatic rings. The smallest absolute Gasteiger partial charge is 0.179 e. The van der Waals surface area contributed by atoms with Gasteiger partial charge in [-0.05, 0) is 54.5 Å². The molecule has 0 spiro atoms. The van der Waals surface area contributed by atoms with Crippen molar-refractivity contribution in [2.45, 2.75) is 31.9 Å². The minimum Gasteiger partial charge on any atom is -0.376 e. The largest absolute Gasteiger partial charge is 0.376 e. The molecule has 0 amide bonds. The van der Waals surface area contributed by atoms with E-state index in [9.17, 15) is 0 Å². The van der Waals surface area contributed by atoms with Crippen molar-refractivity contribution in [3.63, 3.8) is 0 Å². The lowest BCUT2D eigenvalue weighted by Gasteiger charge is -2.29. The van der Waals surface area contributed by atoms with Crippen molar-refractivity contribution < 1.29 is 4.74 Å². The second kappa shape index (κ2) is 4.15.